The van der Waals surface area contributed by atoms with Gasteiger partial charge in [-0.15, -0.1) is 0 Å². The minimum Gasteiger partial charge on any atom is -0.481 e. The summed E-state index contributed by atoms with van der Waals surface area (Å²) in [6.07, 6.45) is 1.76. The van der Waals surface area contributed by atoms with Gasteiger partial charge in [-0.1, -0.05) is 17.7 Å². The molecule has 0 radical (unpaired) electrons. The Labute approximate surface area is 226 Å². The minimum atomic E-state index is -0.832. The number of carbonyl (C=O) groups is 2. The van der Waals surface area contributed by atoms with Crippen LogP contribution in [0.4, 0.5) is 10.1 Å². The number of halogens is 1. The fraction of sp³-hybridized carbons (Fsp3) is 0.290. The van der Waals surface area contributed by atoms with E-state index in [1.165, 1.54) is 23.4 Å². The second kappa shape index (κ2) is 11.6. The molecule has 0 atom stereocenters. The standard InChI is InChI=1S/C31H31FN4O3/c1-21-6-13-25(14-7-21)35-16-18-36(19-17-35)31(39)23-10-15-26-28(20-23)33-27(4-2-3-5-29(37)38)30(34-26)22-8-11-24(32)12-9-22/h6-15,20H,2-5,16-19H2,1H3,(H,37,38). The number of nitrogens with zero attached hydrogens (tertiary/aromatic N) is 4. The Hall–Kier alpha value is -4.33. The lowest BCUT2D eigenvalue weighted by Crippen LogP contribution is -2.48. The van der Waals surface area contributed by atoms with Crippen LogP contribution in [0.3, 0.4) is 0 Å². The van der Waals surface area contributed by atoms with Crippen LogP contribution in [-0.2, 0) is 11.2 Å². The summed E-state index contributed by atoms with van der Waals surface area (Å²) in [4.78, 5) is 38.2. The van der Waals surface area contributed by atoms with Gasteiger partial charge in [0.25, 0.3) is 5.91 Å². The van der Waals surface area contributed by atoms with Gasteiger partial charge < -0.3 is 14.9 Å². The molecule has 1 fully saturated rings. The molecule has 1 N–H and O–H groups in total. The van der Waals surface area contributed by atoms with Gasteiger partial charge in [-0.2, -0.15) is 0 Å². The second-order valence-corrected chi connectivity index (χ2v) is 9.94. The van der Waals surface area contributed by atoms with Crippen LogP contribution >= 0.6 is 0 Å². The highest BCUT2D eigenvalue weighted by Gasteiger charge is 2.23. The molecule has 39 heavy (non-hydrogen) atoms. The van der Waals surface area contributed by atoms with Gasteiger partial charge in [0, 0.05) is 49.4 Å². The number of anilines is 1. The third kappa shape index (κ3) is 6.22. The number of carboxylic acids is 1. The normalized spacial score (nSPS) is 13.6. The number of hydrogen-bond donors (Lipinski definition) is 1. The summed E-state index contributed by atoms with van der Waals surface area (Å²) in [5.74, 6) is -1.20. The molecule has 4 aromatic rings. The van der Waals surface area contributed by atoms with Crippen LogP contribution in [-0.4, -0.2) is 58.0 Å². The molecule has 2 heterocycles. The molecule has 1 aliphatic rings. The van der Waals surface area contributed by atoms with Gasteiger partial charge in [-0.3, -0.25) is 9.59 Å². The third-order valence-corrected chi connectivity index (χ3v) is 7.12. The summed E-state index contributed by atoms with van der Waals surface area (Å²) in [6, 6.07) is 19.9. The van der Waals surface area contributed by atoms with Crippen molar-refractivity contribution in [3.63, 3.8) is 0 Å². The zero-order valence-corrected chi connectivity index (χ0v) is 21.9. The molecule has 3 aromatic carbocycles. The average Bonchev–Trinajstić information content (AvgIpc) is 2.95. The van der Waals surface area contributed by atoms with Crippen LogP contribution in [0.1, 0.15) is 40.9 Å². The predicted molar refractivity (Wildman–Crippen MR) is 149 cm³/mol. The van der Waals surface area contributed by atoms with Gasteiger partial charge in [0.05, 0.1) is 22.4 Å². The predicted octanol–water partition coefficient (Wildman–Crippen LogP) is 5.50. The van der Waals surface area contributed by atoms with Crippen LogP contribution in [0.2, 0.25) is 0 Å². The highest BCUT2D eigenvalue weighted by atomic mass is 19.1. The first-order valence-corrected chi connectivity index (χ1v) is 13.3. The first kappa shape index (κ1) is 26.3. The molecule has 1 aliphatic heterocycles. The first-order chi connectivity index (χ1) is 18.9. The van der Waals surface area contributed by atoms with E-state index < -0.39 is 5.97 Å². The molecule has 1 amide bonds. The molecular formula is C31H31FN4O3. The van der Waals surface area contributed by atoms with Gasteiger partial charge in [0.2, 0.25) is 0 Å². The molecule has 0 saturated carbocycles. The van der Waals surface area contributed by atoms with Crippen molar-refractivity contribution in [3.8, 4) is 11.3 Å². The van der Waals surface area contributed by atoms with E-state index in [0.29, 0.717) is 60.3 Å². The van der Waals surface area contributed by atoms with Crippen LogP contribution in [0, 0.1) is 12.7 Å². The lowest BCUT2D eigenvalue weighted by molar-refractivity contribution is -0.137. The van der Waals surface area contributed by atoms with Crippen molar-refractivity contribution in [1.29, 1.82) is 0 Å². The number of carbonyl (C=O) groups excluding carboxylic acids is 1. The summed E-state index contributed by atoms with van der Waals surface area (Å²) < 4.78 is 13.5. The number of unbranched alkanes of at least 4 members (excludes halogenated alkanes) is 1. The largest absolute Gasteiger partial charge is 0.481 e. The Morgan fingerprint density at radius 2 is 1.59 bits per heavy atom. The van der Waals surface area contributed by atoms with Crippen molar-refractivity contribution < 1.29 is 19.1 Å². The van der Waals surface area contributed by atoms with E-state index in [1.54, 1.807) is 30.3 Å². The summed E-state index contributed by atoms with van der Waals surface area (Å²) in [6.45, 7) is 4.87. The number of aryl methyl sites for hydroxylation is 2. The number of rotatable bonds is 8. The number of benzene rings is 3. The van der Waals surface area contributed by atoms with Gasteiger partial charge in [-0.25, -0.2) is 14.4 Å². The SMILES string of the molecule is Cc1ccc(N2CCN(C(=O)c3ccc4nc(-c5ccc(F)cc5)c(CCCCC(=O)O)nc4c3)CC2)cc1. The maximum Gasteiger partial charge on any atom is 0.303 e. The molecule has 7 nitrogen and oxygen atoms in total. The van der Waals surface area contributed by atoms with Gasteiger partial charge in [0.1, 0.15) is 5.82 Å². The molecule has 5 rings (SSSR count). The van der Waals surface area contributed by atoms with Crippen LogP contribution < -0.4 is 4.90 Å². The first-order valence-electron chi connectivity index (χ1n) is 13.3. The third-order valence-electron chi connectivity index (χ3n) is 7.12. The van der Waals surface area contributed by atoms with Crippen molar-refractivity contribution in [1.82, 2.24) is 14.9 Å². The molecular weight excluding hydrogens is 495 g/mol. The van der Waals surface area contributed by atoms with Crippen LogP contribution in [0.25, 0.3) is 22.3 Å². The zero-order valence-electron chi connectivity index (χ0n) is 21.9. The number of amides is 1. The number of fused-ring (bicyclic) bond motifs is 1. The number of piperazine rings is 1. The Balaban J connectivity index is 1.36. The monoisotopic (exact) mass is 526 g/mol. The average molecular weight is 527 g/mol. The summed E-state index contributed by atoms with van der Waals surface area (Å²) in [5, 5.41) is 8.98. The van der Waals surface area contributed by atoms with E-state index in [1.807, 2.05) is 4.90 Å². The van der Waals surface area contributed by atoms with Gasteiger partial charge >= 0.3 is 5.97 Å². The maximum absolute atomic E-state index is 13.5. The highest BCUT2D eigenvalue weighted by molar-refractivity contribution is 5.97. The van der Waals surface area contributed by atoms with E-state index in [2.05, 4.69) is 36.1 Å². The number of carboxylic acid groups (broad SMARTS) is 1. The van der Waals surface area contributed by atoms with E-state index in [9.17, 15) is 14.0 Å². The molecule has 200 valence electrons. The second-order valence-electron chi connectivity index (χ2n) is 9.94. The minimum absolute atomic E-state index is 0.0344. The topological polar surface area (TPSA) is 86.6 Å². The van der Waals surface area contributed by atoms with Crippen molar-refractivity contribution in [2.75, 3.05) is 31.1 Å². The molecule has 0 spiro atoms. The number of aliphatic carboxylic acids is 1. The van der Waals surface area contributed by atoms with E-state index in [4.69, 9.17) is 15.1 Å². The smallest absolute Gasteiger partial charge is 0.303 e. The fourth-order valence-electron chi connectivity index (χ4n) is 4.91. The number of aromatic nitrogens is 2. The van der Waals surface area contributed by atoms with Crippen molar-refractivity contribution in [2.24, 2.45) is 0 Å². The fourth-order valence-corrected chi connectivity index (χ4v) is 4.91. The molecule has 8 heteroatoms. The van der Waals surface area contributed by atoms with Crippen LogP contribution in [0.5, 0.6) is 0 Å². The van der Waals surface area contributed by atoms with E-state index in [-0.39, 0.29) is 18.1 Å². The number of hydrogen-bond acceptors (Lipinski definition) is 5. The Morgan fingerprint density at radius 3 is 2.28 bits per heavy atom. The lowest BCUT2D eigenvalue weighted by atomic mass is 10.0. The maximum atomic E-state index is 13.5. The van der Waals surface area contributed by atoms with Gasteiger partial charge in [0.15, 0.2) is 0 Å². The van der Waals surface area contributed by atoms with E-state index in [0.717, 1.165) is 18.7 Å². The molecule has 1 aromatic heterocycles. The lowest BCUT2D eigenvalue weighted by Gasteiger charge is -2.36. The summed E-state index contributed by atoms with van der Waals surface area (Å²) in [5.41, 5.74) is 6.29. The molecule has 0 bridgehead atoms. The highest BCUT2D eigenvalue weighted by Crippen LogP contribution is 2.26. The molecule has 0 aliphatic carbocycles. The molecule has 1 saturated heterocycles. The summed E-state index contributed by atoms with van der Waals surface area (Å²) in [7, 11) is 0. The molecule has 0 unspecified atom stereocenters. The van der Waals surface area contributed by atoms with Crippen molar-refractivity contribution >= 4 is 28.6 Å². The van der Waals surface area contributed by atoms with Crippen LogP contribution in [0.15, 0.2) is 66.7 Å². The van der Waals surface area contributed by atoms with Crippen molar-refractivity contribution in [2.45, 2.75) is 32.6 Å². The van der Waals surface area contributed by atoms with E-state index >= 15 is 0 Å². The Bertz CT molecular complexity index is 1480. The summed E-state index contributed by atoms with van der Waals surface area (Å²) >= 11 is 0. The van der Waals surface area contributed by atoms with Crippen molar-refractivity contribution in [3.05, 3.63) is 89.4 Å². The Morgan fingerprint density at radius 1 is 0.872 bits per heavy atom. The Kier molecular flexibility index (Phi) is 7.81. The quantitative estimate of drug-likeness (QED) is 0.305. The van der Waals surface area contributed by atoms with Gasteiger partial charge in [-0.05, 0) is 80.8 Å². The zero-order chi connectivity index (χ0) is 27.4.